The van der Waals surface area contributed by atoms with Crippen LogP contribution in [-0.4, -0.2) is 6.10 Å². The number of hydrogen-bond acceptors (Lipinski definition) is 1. The van der Waals surface area contributed by atoms with Crippen LogP contribution in [0, 0.1) is 11.6 Å². The molecule has 0 saturated carbocycles. The molecule has 0 heterocycles. The van der Waals surface area contributed by atoms with Gasteiger partial charge in [0.05, 0.1) is 6.10 Å². The summed E-state index contributed by atoms with van der Waals surface area (Å²) in [6, 6.07) is 2.47. The smallest absolute Gasteiger partial charge is 0.133 e. The first kappa shape index (κ1) is 12.0. The molecular formula is C12H16F2O. The van der Waals surface area contributed by atoms with E-state index in [4.69, 9.17) is 4.74 Å². The van der Waals surface area contributed by atoms with Crippen LogP contribution in [0.2, 0.25) is 0 Å². The quantitative estimate of drug-likeness (QED) is 0.742. The van der Waals surface area contributed by atoms with Crippen LogP contribution in [0.15, 0.2) is 12.1 Å². The standard InChI is InChI=1S/C12H16F2O/c1-7(2)12-10(13)5-9(6-11(12)14)15-8(3)4/h5-8H,1-4H3. The minimum atomic E-state index is -0.541. The van der Waals surface area contributed by atoms with Gasteiger partial charge in [-0.3, -0.25) is 0 Å². The van der Waals surface area contributed by atoms with E-state index in [0.717, 1.165) is 0 Å². The predicted octanol–water partition coefficient (Wildman–Crippen LogP) is 3.88. The van der Waals surface area contributed by atoms with Gasteiger partial charge in [-0.25, -0.2) is 8.78 Å². The molecule has 0 atom stereocenters. The lowest BCUT2D eigenvalue weighted by atomic mass is 10.0. The van der Waals surface area contributed by atoms with Crippen LogP contribution in [0.1, 0.15) is 39.2 Å². The van der Waals surface area contributed by atoms with Crippen LogP contribution in [0.25, 0.3) is 0 Å². The minimum absolute atomic E-state index is 0.0892. The van der Waals surface area contributed by atoms with Gasteiger partial charge in [0, 0.05) is 17.7 Å². The average molecular weight is 214 g/mol. The second-order valence-corrected chi connectivity index (χ2v) is 4.12. The zero-order valence-corrected chi connectivity index (χ0v) is 9.47. The Morgan fingerprint density at radius 1 is 1.00 bits per heavy atom. The van der Waals surface area contributed by atoms with Crippen LogP contribution in [0.5, 0.6) is 5.75 Å². The van der Waals surface area contributed by atoms with Crippen molar-refractivity contribution in [3.8, 4) is 5.75 Å². The van der Waals surface area contributed by atoms with Crippen molar-refractivity contribution in [1.82, 2.24) is 0 Å². The van der Waals surface area contributed by atoms with Crippen LogP contribution in [0.4, 0.5) is 8.78 Å². The molecule has 0 bridgehead atoms. The monoisotopic (exact) mass is 214 g/mol. The Bertz CT molecular complexity index is 322. The number of halogens is 2. The normalized spacial score (nSPS) is 11.2. The first-order chi connectivity index (χ1) is 6.91. The molecule has 1 aromatic rings. The number of hydrogen-bond donors (Lipinski definition) is 0. The maximum absolute atomic E-state index is 13.5. The van der Waals surface area contributed by atoms with E-state index in [-0.39, 0.29) is 23.3 Å². The Hall–Kier alpha value is -1.12. The average Bonchev–Trinajstić information content (AvgIpc) is 1.99. The Kier molecular flexibility index (Phi) is 3.66. The van der Waals surface area contributed by atoms with Gasteiger partial charge in [-0.05, 0) is 19.8 Å². The van der Waals surface area contributed by atoms with Crippen molar-refractivity contribution in [1.29, 1.82) is 0 Å². The molecule has 0 fully saturated rings. The molecule has 0 aliphatic carbocycles. The lowest BCUT2D eigenvalue weighted by molar-refractivity contribution is 0.240. The summed E-state index contributed by atoms with van der Waals surface area (Å²) in [5, 5.41) is 0. The van der Waals surface area contributed by atoms with Gasteiger partial charge < -0.3 is 4.74 Å². The predicted molar refractivity (Wildman–Crippen MR) is 56.2 cm³/mol. The number of benzene rings is 1. The van der Waals surface area contributed by atoms with E-state index < -0.39 is 11.6 Å². The summed E-state index contributed by atoms with van der Waals surface area (Å²) in [7, 11) is 0. The third-order valence-electron chi connectivity index (χ3n) is 2.00. The lowest BCUT2D eigenvalue weighted by Gasteiger charge is -2.13. The summed E-state index contributed by atoms with van der Waals surface area (Å²) in [5.41, 5.74) is 0.117. The molecule has 0 saturated heterocycles. The Labute approximate surface area is 89.1 Å². The van der Waals surface area contributed by atoms with Crippen molar-refractivity contribution < 1.29 is 13.5 Å². The Morgan fingerprint density at radius 2 is 1.47 bits per heavy atom. The SMILES string of the molecule is CC(C)Oc1cc(F)c(C(C)C)c(F)c1. The Balaban J connectivity index is 3.08. The van der Waals surface area contributed by atoms with Gasteiger partial charge in [0.2, 0.25) is 0 Å². The highest BCUT2D eigenvalue weighted by atomic mass is 19.1. The molecule has 1 aromatic carbocycles. The molecule has 0 aliphatic heterocycles. The van der Waals surface area contributed by atoms with Crippen LogP contribution in [-0.2, 0) is 0 Å². The van der Waals surface area contributed by atoms with Crippen molar-refractivity contribution in [2.45, 2.75) is 39.7 Å². The van der Waals surface area contributed by atoms with E-state index in [0.29, 0.717) is 0 Å². The fourth-order valence-corrected chi connectivity index (χ4v) is 1.45. The van der Waals surface area contributed by atoms with Gasteiger partial charge in [0.1, 0.15) is 17.4 Å². The fraction of sp³-hybridized carbons (Fsp3) is 0.500. The summed E-state index contributed by atoms with van der Waals surface area (Å²) >= 11 is 0. The van der Waals surface area contributed by atoms with Gasteiger partial charge in [-0.2, -0.15) is 0 Å². The lowest BCUT2D eigenvalue weighted by Crippen LogP contribution is -2.07. The summed E-state index contributed by atoms with van der Waals surface area (Å²) in [4.78, 5) is 0. The van der Waals surface area contributed by atoms with Crippen LogP contribution >= 0.6 is 0 Å². The van der Waals surface area contributed by atoms with E-state index in [2.05, 4.69) is 0 Å². The zero-order chi connectivity index (χ0) is 11.6. The fourth-order valence-electron chi connectivity index (χ4n) is 1.45. The highest BCUT2D eigenvalue weighted by Crippen LogP contribution is 2.26. The molecule has 0 unspecified atom stereocenters. The number of ether oxygens (including phenoxy) is 1. The van der Waals surface area contributed by atoms with E-state index in [9.17, 15) is 8.78 Å². The maximum atomic E-state index is 13.5. The molecular weight excluding hydrogens is 198 g/mol. The highest BCUT2D eigenvalue weighted by Gasteiger charge is 2.15. The molecule has 3 heteroatoms. The van der Waals surface area contributed by atoms with Crippen molar-refractivity contribution in [3.63, 3.8) is 0 Å². The minimum Gasteiger partial charge on any atom is -0.491 e. The molecule has 0 aliphatic rings. The summed E-state index contributed by atoms with van der Waals surface area (Å²) in [6.45, 7) is 7.13. The van der Waals surface area contributed by atoms with Gasteiger partial charge in [0.25, 0.3) is 0 Å². The second kappa shape index (κ2) is 4.60. The van der Waals surface area contributed by atoms with E-state index in [1.165, 1.54) is 12.1 Å². The molecule has 1 rings (SSSR count). The molecule has 0 aromatic heterocycles. The third-order valence-corrected chi connectivity index (χ3v) is 2.00. The maximum Gasteiger partial charge on any atom is 0.133 e. The molecule has 15 heavy (non-hydrogen) atoms. The first-order valence-electron chi connectivity index (χ1n) is 5.07. The van der Waals surface area contributed by atoms with Gasteiger partial charge in [-0.1, -0.05) is 13.8 Å². The third kappa shape index (κ3) is 2.91. The van der Waals surface area contributed by atoms with E-state index >= 15 is 0 Å². The summed E-state index contributed by atoms with van der Waals surface area (Å²) in [5.74, 6) is -1.01. The van der Waals surface area contributed by atoms with Gasteiger partial charge in [0.15, 0.2) is 0 Å². The molecule has 84 valence electrons. The van der Waals surface area contributed by atoms with Gasteiger partial charge in [-0.15, -0.1) is 0 Å². The summed E-state index contributed by atoms with van der Waals surface area (Å²) < 4.78 is 32.2. The molecule has 0 radical (unpaired) electrons. The van der Waals surface area contributed by atoms with Crippen molar-refractivity contribution in [3.05, 3.63) is 29.3 Å². The largest absolute Gasteiger partial charge is 0.491 e. The summed E-state index contributed by atoms with van der Waals surface area (Å²) in [6.07, 6.45) is -0.0892. The van der Waals surface area contributed by atoms with Gasteiger partial charge >= 0.3 is 0 Å². The topological polar surface area (TPSA) is 9.23 Å². The first-order valence-corrected chi connectivity index (χ1v) is 5.07. The molecule has 0 N–H and O–H groups in total. The highest BCUT2D eigenvalue weighted by molar-refractivity contribution is 5.32. The van der Waals surface area contributed by atoms with Crippen LogP contribution < -0.4 is 4.74 Å². The second-order valence-electron chi connectivity index (χ2n) is 4.12. The molecule has 0 spiro atoms. The zero-order valence-electron chi connectivity index (χ0n) is 9.47. The van der Waals surface area contributed by atoms with E-state index in [1.54, 1.807) is 13.8 Å². The van der Waals surface area contributed by atoms with E-state index in [1.807, 2.05) is 13.8 Å². The van der Waals surface area contributed by atoms with Crippen molar-refractivity contribution in [2.24, 2.45) is 0 Å². The molecule has 0 amide bonds. The van der Waals surface area contributed by atoms with Crippen molar-refractivity contribution >= 4 is 0 Å². The number of rotatable bonds is 3. The Morgan fingerprint density at radius 3 is 1.80 bits per heavy atom. The van der Waals surface area contributed by atoms with Crippen LogP contribution in [0.3, 0.4) is 0 Å². The molecule has 1 nitrogen and oxygen atoms in total. The van der Waals surface area contributed by atoms with Crippen molar-refractivity contribution in [2.75, 3.05) is 0 Å².